The van der Waals surface area contributed by atoms with E-state index in [1.54, 1.807) is 43.0 Å². The van der Waals surface area contributed by atoms with Crippen LogP contribution in [0.5, 0.6) is 11.6 Å². The Morgan fingerprint density at radius 1 is 1.27 bits per heavy atom. The van der Waals surface area contributed by atoms with E-state index in [0.717, 1.165) is 21.2 Å². The highest BCUT2D eigenvalue weighted by Gasteiger charge is 2.35. The molecule has 4 rings (SSSR count). The van der Waals surface area contributed by atoms with Crippen LogP contribution in [0.1, 0.15) is 32.0 Å². The van der Waals surface area contributed by atoms with Crippen molar-refractivity contribution < 1.29 is 19.4 Å². The lowest BCUT2D eigenvalue weighted by Crippen LogP contribution is -2.55. The number of aromatic nitrogens is 3. The standard InChI is InChI=1S/C21H23N5O4/c1-12-8-15-16(10-26(12)19(27)21(2,3)22)23-11-24-18(15)30-14-4-5-17-13(9-14)6-7-25(17)20(28)29/h4-7,9,11-12H,8,10,22H2,1-3H3,(H,28,29). The molecule has 1 aliphatic heterocycles. The van der Waals surface area contributed by atoms with E-state index >= 15 is 0 Å². The molecule has 1 atom stereocenters. The van der Waals surface area contributed by atoms with Gasteiger partial charge >= 0.3 is 6.09 Å². The Morgan fingerprint density at radius 2 is 2.03 bits per heavy atom. The maximum absolute atomic E-state index is 12.7. The summed E-state index contributed by atoms with van der Waals surface area (Å²) in [5.41, 5.74) is 7.20. The van der Waals surface area contributed by atoms with Crippen molar-refractivity contribution in [1.29, 1.82) is 0 Å². The van der Waals surface area contributed by atoms with Crippen LogP contribution in [0.25, 0.3) is 10.9 Å². The highest BCUT2D eigenvalue weighted by Crippen LogP contribution is 2.32. The van der Waals surface area contributed by atoms with Crippen LogP contribution in [0.4, 0.5) is 4.79 Å². The highest BCUT2D eigenvalue weighted by atomic mass is 16.5. The van der Waals surface area contributed by atoms with E-state index in [1.165, 1.54) is 12.5 Å². The lowest BCUT2D eigenvalue weighted by molar-refractivity contribution is -0.139. The molecule has 3 heterocycles. The molecule has 0 spiro atoms. The molecule has 3 aromatic rings. The Labute approximate surface area is 173 Å². The van der Waals surface area contributed by atoms with Crippen LogP contribution in [0.2, 0.25) is 0 Å². The first kappa shape index (κ1) is 19.8. The maximum atomic E-state index is 12.7. The molecule has 0 fully saturated rings. The number of amides is 1. The predicted octanol–water partition coefficient (Wildman–Crippen LogP) is 2.76. The number of ether oxygens (including phenoxy) is 1. The van der Waals surface area contributed by atoms with Gasteiger partial charge in [0.25, 0.3) is 0 Å². The summed E-state index contributed by atoms with van der Waals surface area (Å²) >= 11 is 0. The van der Waals surface area contributed by atoms with Crippen LogP contribution in [0.15, 0.2) is 36.8 Å². The SMILES string of the molecule is CC1Cc2c(ncnc2Oc2ccc3c(ccn3C(=O)O)c2)CN1C(=O)C(C)(C)N. The van der Waals surface area contributed by atoms with Gasteiger partial charge in [-0.1, -0.05) is 0 Å². The molecule has 0 saturated heterocycles. The maximum Gasteiger partial charge on any atom is 0.415 e. The third-order valence-electron chi connectivity index (χ3n) is 5.24. The molecule has 30 heavy (non-hydrogen) atoms. The Bertz CT molecular complexity index is 1150. The zero-order valence-electron chi connectivity index (χ0n) is 17.0. The number of hydrogen-bond donors (Lipinski definition) is 2. The summed E-state index contributed by atoms with van der Waals surface area (Å²) in [6.45, 7) is 5.69. The minimum absolute atomic E-state index is 0.0757. The van der Waals surface area contributed by atoms with Crippen molar-refractivity contribution in [2.75, 3.05) is 0 Å². The van der Waals surface area contributed by atoms with E-state index in [2.05, 4.69) is 9.97 Å². The zero-order valence-corrected chi connectivity index (χ0v) is 17.0. The third-order valence-corrected chi connectivity index (χ3v) is 5.24. The van der Waals surface area contributed by atoms with Crippen LogP contribution in [-0.2, 0) is 17.8 Å². The normalized spacial score (nSPS) is 16.4. The van der Waals surface area contributed by atoms with Gasteiger partial charge in [-0.05, 0) is 51.5 Å². The second kappa shape index (κ2) is 7.10. The Morgan fingerprint density at radius 3 is 2.73 bits per heavy atom. The topological polar surface area (TPSA) is 124 Å². The van der Waals surface area contributed by atoms with E-state index < -0.39 is 11.6 Å². The minimum Gasteiger partial charge on any atom is -0.464 e. The van der Waals surface area contributed by atoms with Crippen molar-refractivity contribution in [3.05, 3.63) is 48.0 Å². The molecule has 9 heteroatoms. The number of carbonyl (C=O) groups excluding carboxylic acids is 1. The third kappa shape index (κ3) is 3.48. The first-order chi connectivity index (χ1) is 14.1. The number of rotatable bonds is 3. The van der Waals surface area contributed by atoms with Gasteiger partial charge in [-0.3, -0.25) is 9.36 Å². The van der Waals surface area contributed by atoms with Crippen LogP contribution >= 0.6 is 0 Å². The van der Waals surface area contributed by atoms with Crippen LogP contribution in [0.3, 0.4) is 0 Å². The molecule has 1 unspecified atom stereocenters. The zero-order chi connectivity index (χ0) is 21.6. The Kier molecular flexibility index (Phi) is 4.70. The molecular weight excluding hydrogens is 386 g/mol. The summed E-state index contributed by atoms with van der Waals surface area (Å²) in [4.78, 5) is 34.3. The summed E-state index contributed by atoms with van der Waals surface area (Å²) < 4.78 is 7.18. The number of nitrogens with zero attached hydrogens (tertiary/aromatic N) is 4. The second-order valence-electron chi connectivity index (χ2n) is 8.10. The smallest absolute Gasteiger partial charge is 0.415 e. The predicted molar refractivity (Wildman–Crippen MR) is 109 cm³/mol. The molecule has 1 aromatic carbocycles. The number of carbonyl (C=O) groups is 2. The van der Waals surface area contributed by atoms with Crippen LogP contribution in [0, 0.1) is 0 Å². The molecule has 2 aromatic heterocycles. The van der Waals surface area contributed by atoms with Gasteiger partial charge in [0.05, 0.1) is 23.3 Å². The molecule has 1 amide bonds. The fourth-order valence-electron chi connectivity index (χ4n) is 3.69. The lowest BCUT2D eigenvalue weighted by Gasteiger charge is -2.37. The van der Waals surface area contributed by atoms with Crippen LogP contribution < -0.4 is 10.5 Å². The van der Waals surface area contributed by atoms with E-state index in [-0.39, 0.29) is 11.9 Å². The van der Waals surface area contributed by atoms with Gasteiger partial charge in [0.1, 0.15) is 12.1 Å². The van der Waals surface area contributed by atoms with Gasteiger partial charge in [-0.15, -0.1) is 0 Å². The second-order valence-corrected chi connectivity index (χ2v) is 8.10. The first-order valence-corrected chi connectivity index (χ1v) is 9.60. The van der Waals surface area contributed by atoms with Gasteiger partial charge < -0.3 is 20.5 Å². The summed E-state index contributed by atoms with van der Waals surface area (Å²) in [7, 11) is 0. The number of carboxylic acid groups (broad SMARTS) is 1. The van der Waals surface area contributed by atoms with Gasteiger partial charge in [-0.25, -0.2) is 14.8 Å². The highest BCUT2D eigenvalue weighted by molar-refractivity contribution is 5.89. The number of fused-ring (bicyclic) bond motifs is 2. The van der Waals surface area contributed by atoms with E-state index in [4.69, 9.17) is 10.5 Å². The van der Waals surface area contributed by atoms with Gasteiger partial charge in [-0.2, -0.15) is 0 Å². The summed E-state index contributed by atoms with van der Waals surface area (Å²) in [6.07, 6.45) is 2.41. The van der Waals surface area contributed by atoms with Crippen LogP contribution in [-0.4, -0.2) is 48.1 Å². The monoisotopic (exact) mass is 409 g/mol. The molecular formula is C21H23N5O4. The Balaban J connectivity index is 1.63. The van der Waals surface area contributed by atoms with E-state index in [9.17, 15) is 14.7 Å². The quantitative estimate of drug-likeness (QED) is 0.682. The van der Waals surface area contributed by atoms with Crippen molar-refractivity contribution in [2.24, 2.45) is 5.73 Å². The number of hydrogen-bond acceptors (Lipinski definition) is 6. The summed E-state index contributed by atoms with van der Waals surface area (Å²) in [5.74, 6) is 0.846. The minimum atomic E-state index is -1.04. The number of benzene rings is 1. The van der Waals surface area contributed by atoms with Crippen molar-refractivity contribution in [2.45, 2.75) is 45.3 Å². The molecule has 156 valence electrons. The summed E-state index contributed by atoms with van der Waals surface area (Å²) in [5, 5.41) is 9.97. The van der Waals surface area contributed by atoms with Crippen molar-refractivity contribution >= 4 is 22.9 Å². The number of nitrogens with two attached hydrogens (primary N) is 1. The van der Waals surface area contributed by atoms with E-state index in [0.29, 0.717) is 30.1 Å². The van der Waals surface area contributed by atoms with Crippen molar-refractivity contribution in [3.63, 3.8) is 0 Å². The van der Waals surface area contributed by atoms with E-state index in [1.807, 2.05) is 6.92 Å². The van der Waals surface area contributed by atoms with Gasteiger partial charge in [0.15, 0.2) is 0 Å². The molecule has 1 aliphatic rings. The molecule has 0 saturated carbocycles. The lowest BCUT2D eigenvalue weighted by atomic mass is 9.96. The fraction of sp³-hybridized carbons (Fsp3) is 0.333. The van der Waals surface area contributed by atoms with Gasteiger partial charge in [0.2, 0.25) is 11.8 Å². The molecule has 3 N–H and O–H groups in total. The molecule has 0 bridgehead atoms. The van der Waals surface area contributed by atoms with Gasteiger partial charge in [0, 0.05) is 23.2 Å². The average Bonchev–Trinajstić information content (AvgIpc) is 3.10. The molecule has 9 nitrogen and oxygen atoms in total. The fourth-order valence-corrected chi connectivity index (χ4v) is 3.69. The molecule has 0 radical (unpaired) electrons. The largest absolute Gasteiger partial charge is 0.464 e. The Hall–Kier alpha value is -3.46. The first-order valence-electron chi connectivity index (χ1n) is 9.60. The summed E-state index contributed by atoms with van der Waals surface area (Å²) in [6, 6.07) is 6.80. The average molecular weight is 409 g/mol. The van der Waals surface area contributed by atoms with Crippen molar-refractivity contribution in [1.82, 2.24) is 19.4 Å². The molecule has 0 aliphatic carbocycles. The van der Waals surface area contributed by atoms with Crippen molar-refractivity contribution in [3.8, 4) is 11.6 Å².